The van der Waals surface area contributed by atoms with Crippen LogP contribution in [0.3, 0.4) is 0 Å². The molecular weight excluding hydrogens is 625 g/mol. The Morgan fingerprint density at radius 3 is 2.04 bits per heavy atom. The van der Waals surface area contributed by atoms with Gasteiger partial charge in [0.15, 0.2) is 5.58 Å². The van der Waals surface area contributed by atoms with E-state index < -0.39 is 18.1 Å². The van der Waals surface area contributed by atoms with Crippen LogP contribution in [0.25, 0.3) is 87.6 Å². The van der Waals surface area contributed by atoms with Gasteiger partial charge in [0.2, 0.25) is 5.89 Å². The van der Waals surface area contributed by atoms with Crippen molar-refractivity contribution in [1.29, 1.82) is 0 Å². The summed E-state index contributed by atoms with van der Waals surface area (Å²) in [7, 11) is 0. The van der Waals surface area contributed by atoms with E-state index in [1.807, 2.05) is 42.5 Å². The number of furan rings is 1. The van der Waals surface area contributed by atoms with Gasteiger partial charge in [0.25, 0.3) is 0 Å². The summed E-state index contributed by atoms with van der Waals surface area (Å²) >= 11 is 0. The Labute approximate surface area is 299 Å². The second-order valence-corrected chi connectivity index (χ2v) is 12.8. The molecule has 0 spiro atoms. The molecule has 0 bridgehead atoms. The zero-order valence-corrected chi connectivity index (χ0v) is 27.0. The summed E-state index contributed by atoms with van der Waals surface area (Å²) in [5.41, 5.74) is 5.48. The first kappa shape index (κ1) is 23.4. The number of rotatable bonds is 4. The van der Waals surface area contributed by atoms with Crippen molar-refractivity contribution in [2.75, 3.05) is 4.90 Å². The zero-order valence-electron chi connectivity index (χ0n) is 32.0. The van der Waals surface area contributed by atoms with Crippen LogP contribution >= 0.6 is 0 Å². The minimum Gasteiger partial charge on any atom is -0.455 e. The van der Waals surface area contributed by atoms with E-state index >= 15 is 0 Å². The second kappa shape index (κ2) is 10.8. The first-order valence-corrected chi connectivity index (χ1v) is 16.8. The van der Waals surface area contributed by atoms with Gasteiger partial charge in [0, 0.05) is 43.9 Å². The van der Waals surface area contributed by atoms with Crippen molar-refractivity contribution in [2.24, 2.45) is 0 Å². The highest BCUT2D eigenvalue weighted by Crippen LogP contribution is 2.44. The lowest BCUT2D eigenvalue weighted by Gasteiger charge is -2.27. The Balaban J connectivity index is 1.17. The molecule has 0 saturated heterocycles. The summed E-state index contributed by atoms with van der Waals surface area (Å²) in [5, 5.41) is 10.1. The number of aromatic nitrogens is 1. The second-order valence-electron chi connectivity index (χ2n) is 12.8. The number of oxazole rings is 1. The van der Waals surface area contributed by atoms with E-state index in [2.05, 4.69) is 107 Å². The molecule has 9 aromatic carbocycles. The molecule has 2 aromatic heterocycles. The molecule has 0 fully saturated rings. The lowest BCUT2D eigenvalue weighted by Crippen LogP contribution is -2.10. The van der Waals surface area contributed by atoms with Gasteiger partial charge in [-0.3, -0.25) is 0 Å². The van der Waals surface area contributed by atoms with E-state index in [0.29, 0.717) is 11.1 Å². The van der Waals surface area contributed by atoms with Crippen molar-refractivity contribution in [1.82, 2.24) is 4.98 Å². The quantitative estimate of drug-likeness (QED) is 0.177. The predicted octanol–water partition coefficient (Wildman–Crippen LogP) is 13.5. The predicted molar refractivity (Wildman–Crippen MR) is 211 cm³/mol. The monoisotopic (exact) mass is 657 g/mol. The van der Waals surface area contributed by atoms with E-state index in [0.717, 1.165) is 82.1 Å². The van der Waals surface area contributed by atoms with Crippen LogP contribution in [-0.2, 0) is 0 Å². The van der Waals surface area contributed by atoms with Crippen LogP contribution in [0, 0.1) is 0 Å². The van der Waals surface area contributed by atoms with Gasteiger partial charge in [0.1, 0.15) is 16.7 Å². The minimum atomic E-state index is -0.465. The highest BCUT2D eigenvalue weighted by molar-refractivity contribution is 6.19. The molecule has 4 nitrogen and oxygen atoms in total. The Bertz CT molecular complexity index is 3430. The van der Waals surface area contributed by atoms with Gasteiger partial charge in [0.05, 0.1) is 12.5 Å². The average molecular weight is 658 g/mol. The Morgan fingerprint density at radius 2 is 1.16 bits per heavy atom. The molecule has 0 aliphatic carbocycles. The third kappa shape index (κ3) is 4.30. The number of nitrogens with zero attached hydrogens (tertiary/aromatic N) is 2. The third-order valence-electron chi connectivity index (χ3n) is 9.92. The normalized spacial score (nSPS) is 13.3. The molecule has 0 atom stereocenters. The Morgan fingerprint density at radius 1 is 0.490 bits per heavy atom. The maximum atomic E-state index is 8.57. The molecule has 0 radical (unpaired) electrons. The van der Waals surface area contributed by atoms with Crippen molar-refractivity contribution in [2.45, 2.75) is 0 Å². The van der Waals surface area contributed by atoms with Gasteiger partial charge in [-0.05, 0) is 87.5 Å². The summed E-state index contributed by atoms with van der Waals surface area (Å²) in [6, 6.07) is 45.9. The lowest BCUT2D eigenvalue weighted by atomic mass is 9.99. The van der Waals surface area contributed by atoms with Gasteiger partial charge < -0.3 is 13.7 Å². The van der Waals surface area contributed by atoms with E-state index in [1.165, 1.54) is 0 Å². The van der Waals surface area contributed by atoms with Gasteiger partial charge >= 0.3 is 0 Å². The molecular formula is C47H28N2O2. The van der Waals surface area contributed by atoms with Gasteiger partial charge in [-0.1, -0.05) is 109 Å². The van der Waals surface area contributed by atoms with Crippen molar-refractivity contribution in [3.05, 3.63) is 170 Å². The van der Waals surface area contributed by atoms with Crippen LogP contribution in [0.1, 0.15) is 6.85 Å². The molecule has 51 heavy (non-hydrogen) atoms. The van der Waals surface area contributed by atoms with E-state index in [9.17, 15) is 0 Å². The van der Waals surface area contributed by atoms with Gasteiger partial charge in [-0.2, -0.15) is 0 Å². The van der Waals surface area contributed by atoms with Crippen molar-refractivity contribution in [3.63, 3.8) is 0 Å². The Kier molecular flexibility index (Phi) is 4.96. The lowest BCUT2D eigenvalue weighted by molar-refractivity contribution is 0.623. The van der Waals surface area contributed by atoms with Crippen LogP contribution < -0.4 is 4.90 Å². The average Bonchev–Trinajstić information content (AvgIpc) is 3.84. The molecule has 11 aromatic rings. The van der Waals surface area contributed by atoms with E-state index in [1.54, 1.807) is 0 Å². The van der Waals surface area contributed by atoms with Crippen molar-refractivity contribution in [3.8, 4) is 11.5 Å². The fourth-order valence-electron chi connectivity index (χ4n) is 7.57. The summed E-state index contributed by atoms with van der Waals surface area (Å²) in [6.45, 7) is 0. The minimum absolute atomic E-state index is 0.0246. The maximum Gasteiger partial charge on any atom is 0.227 e. The first-order valence-electron chi connectivity index (χ1n) is 19.3. The molecule has 11 rings (SSSR count). The summed E-state index contributed by atoms with van der Waals surface area (Å²) in [6.07, 6.45) is 0. The molecule has 0 aliphatic rings. The highest BCUT2D eigenvalue weighted by Gasteiger charge is 2.20. The van der Waals surface area contributed by atoms with E-state index in [4.69, 9.17) is 15.7 Å². The zero-order chi connectivity index (χ0) is 37.8. The van der Waals surface area contributed by atoms with Crippen molar-refractivity contribution >= 4 is 93.2 Å². The van der Waals surface area contributed by atoms with Crippen LogP contribution in [0.2, 0.25) is 0 Å². The largest absolute Gasteiger partial charge is 0.455 e. The summed E-state index contributed by atoms with van der Waals surface area (Å²) < 4.78 is 54.6. The topological polar surface area (TPSA) is 42.4 Å². The number of anilines is 3. The molecule has 2 heterocycles. The molecule has 4 heteroatoms. The number of fused-ring (bicyclic) bond motifs is 11. The van der Waals surface area contributed by atoms with Gasteiger partial charge in [-0.25, -0.2) is 4.98 Å². The highest BCUT2D eigenvalue weighted by atomic mass is 16.3. The Hall–Kier alpha value is -6.91. The van der Waals surface area contributed by atoms with Gasteiger partial charge in [-0.15, -0.1) is 0 Å². The standard InChI is InChI=1S/C47H28N2O2/c1-2-11-33(12-3-1)47-48-41-25-21-32-18-17-31-19-22-34(27-39(31)44(32)46(41)51-47)49(42-16-8-13-29-9-4-6-14-36(29)42)35-23-26-43-40(28-35)38-24-20-30-10-5-7-15-37(30)45(38)50-43/h1-28H/i1D,2D,3D,11D,12D. The summed E-state index contributed by atoms with van der Waals surface area (Å²) in [4.78, 5) is 6.95. The fourth-order valence-corrected chi connectivity index (χ4v) is 7.57. The maximum absolute atomic E-state index is 8.57. The van der Waals surface area contributed by atoms with Crippen LogP contribution in [-0.4, -0.2) is 4.98 Å². The number of hydrogen-bond acceptors (Lipinski definition) is 4. The molecule has 0 unspecified atom stereocenters. The molecule has 0 amide bonds. The van der Waals surface area contributed by atoms with Crippen molar-refractivity contribution < 1.29 is 15.7 Å². The molecule has 0 saturated carbocycles. The first-order chi connectivity index (χ1) is 27.3. The number of hydrogen-bond donors (Lipinski definition) is 0. The number of benzene rings is 9. The summed E-state index contributed by atoms with van der Waals surface area (Å²) in [5.74, 6) is -0.0246. The fraction of sp³-hybridized carbons (Fsp3) is 0. The molecule has 0 aliphatic heterocycles. The molecule has 238 valence electrons. The third-order valence-corrected chi connectivity index (χ3v) is 9.92. The molecule has 0 N–H and O–H groups in total. The SMILES string of the molecule is [2H]c1c([2H])c([2H])c(-c2nc3ccc4ccc5ccc(N(c6ccc7oc8c9ccccc9ccc8c7c6)c6cccc7ccccc67)cc5c4c3o2)c([2H])c1[2H]. The smallest absolute Gasteiger partial charge is 0.227 e. The van der Waals surface area contributed by atoms with Crippen LogP contribution in [0.5, 0.6) is 0 Å². The van der Waals surface area contributed by atoms with Crippen LogP contribution in [0.15, 0.2) is 179 Å². The van der Waals surface area contributed by atoms with E-state index in [-0.39, 0.29) is 23.5 Å². The van der Waals surface area contributed by atoms with Crippen LogP contribution in [0.4, 0.5) is 17.1 Å².